The summed E-state index contributed by atoms with van der Waals surface area (Å²) < 4.78 is 31.1. The van der Waals surface area contributed by atoms with Crippen LogP contribution < -0.4 is 10.6 Å². The van der Waals surface area contributed by atoms with Gasteiger partial charge in [-0.2, -0.15) is 4.31 Å². The molecule has 0 aromatic heterocycles. The summed E-state index contributed by atoms with van der Waals surface area (Å²) in [4.78, 5) is 11.7. The number of urea groups is 1. The van der Waals surface area contributed by atoms with Crippen molar-refractivity contribution in [2.75, 3.05) is 37.3 Å². The molecule has 1 aliphatic heterocycles. The minimum Gasteiger partial charge on any atom is -0.376 e. The van der Waals surface area contributed by atoms with Crippen LogP contribution in [0.1, 0.15) is 6.92 Å². The Morgan fingerprint density at radius 2 is 2.09 bits per heavy atom. The second-order valence-electron chi connectivity index (χ2n) is 5.24. The van der Waals surface area contributed by atoms with Gasteiger partial charge in [0.15, 0.2) is 0 Å². The molecule has 1 saturated heterocycles. The van der Waals surface area contributed by atoms with Gasteiger partial charge in [-0.15, -0.1) is 0 Å². The molecule has 7 nitrogen and oxygen atoms in total. The number of benzene rings is 1. The van der Waals surface area contributed by atoms with Crippen molar-refractivity contribution in [3.05, 3.63) is 29.3 Å². The van der Waals surface area contributed by atoms with E-state index in [1.54, 1.807) is 24.3 Å². The standard InChI is InChI=1S/C14H20ClN3O4S/c1-11-10-18(7-8-22-11)23(20,21)9-6-16-14(19)17-13-4-2-12(15)3-5-13/h2-5,11H,6-10H2,1H3,(H2,16,17,19). The summed E-state index contributed by atoms with van der Waals surface area (Å²) >= 11 is 5.76. The predicted molar refractivity (Wildman–Crippen MR) is 89.2 cm³/mol. The number of ether oxygens (including phenoxy) is 1. The normalized spacial score (nSPS) is 19.3. The van der Waals surface area contributed by atoms with Gasteiger partial charge in [0.25, 0.3) is 0 Å². The number of rotatable bonds is 5. The van der Waals surface area contributed by atoms with Crippen molar-refractivity contribution in [3.8, 4) is 0 Å². The molecular formula is C14H20ClN3O4S. The zero-order chi connectivity index (χ0) is 16.9. The highest BCUT2D eigenvalue weighted by molar-refractivity contribution is 7.89. The largest absolute Gasteiger partial charge is 0.376 e. The lowest BCUT2D eigenvalue weighted by Gasteiger charge is -2.30. The van der Waals surface area contributed by atoms with Gasteiger partial charge in [-0.3, -0.25) is 0 Å². The van der Waals surface area contributed by atoms with Crippen LogP contribution in [0.25, 0.3) is 0 Å². The molecule has 9 heteroatoms. The van der Waals surface area contributed by atoms with Crippen LogP contribution in [0.5, 0.6) is 0 Å². The Hall–Kier alpha value is -1.35. The molecule has 128 valence electrons. The maximum atomic E-state index is 12.2. The summed E-state index contributed by atoms with van der Waals surface area (Å²) in [5, 5.41) is 5.71. The van der Waals surface area contributed by atoms with E-state index >= 15 is 0 Å². The summed E-state index contributed by atoms with van der Waals surface area (Å²) in [5.41, 5.74) is 0.580. The molecule has 0 bridgehead atoms. The lowest BCUT2D eigenvalue weighted by atomic mass is 10.3. The molecule has 0 aliphatic carbocycles. The molecule has 1 atom stereocenters. The maximum Gasteiger partial charge on any atom is 0.319 e. The summed E-state index contributed by atoms with van der Waals surface area (Å²) in [6.07, 6.45) is -0.111. The molecule has 2 rings (SSSR count). The van der Waals surface area contributed by atoms with Crippen LogP contribution in [0, 0.1) is 0 Å². The number of nitrogens with zero attached hydrogens (tertiary/aromatic N) is 1. The second-order valence-corrected chi connectivity index (χ2v) is 7.77. The van der Waals surface area contributed by atoms with Crippen LogP contribution in [0.15, 0.2) is 24.3 Å². The molecule has 1 heterocycles. The van der Waals surface area contributed by atoms with Crippen LogP contribution in [-0.2, 0) is 14.8 Å². The third kappa shape index (κ3) is 5.65. The molecule has 1 aromatic carbocycles. The molecule has 23 heavy (non-hydrogen) atoms. The van der Waals surface area contributed by atoms with Crippen molar-refractivity contribution in [1.82, 2.24) is 9.62 Å². The van der Waals surface area contributed by atoms with E-state index in [-0.39, 0.29) is 18.4 Å². The minimum atomic E-state index is -3.40. The van der Waals surface area contributed by atoms with Crippen molar-refractivity contribution in [3.63, 3.8) is 0 Å². The highest BCUT2D eigenvalue weighted by atomic mass is 35.5. The Morgan fingerprint density at radius 1 is 1.39 bits per heavy atom. The van der Waals surface area contributed by atoms with E-state index in [4.69, 9.17) is 16.3 Å². The van der Waals surface area contributed by atoms with Crippen molar-refractivity contribution >= 4 is 33.3 Å². The number of morpholine rings is 1. The first-order chi connectivity index (χ1) is 10.9. The van der Waals surface area contributed by atoms with Gasteiger partial charge in [0.1, 0.15) is 0 Å². The molecule has 0 saturated carbocycles. The van der Waals surface area contributed by atoms with Crippen LogP contribution in [0.3, 0.4) is 0 Å². The lowest BCUT2D eigenvalue weighted by Crippen LogP contribution is -2.46. The van der Waals surface area contributed by atoms with Gasteiger partial charge >= 0.3 is 6.03 Å². The number of halogens is 1. The summed E-state index contributed by atoms with van der Waals surface area (Å²) in [6, 6.07) is 6.17. The summed E-state index contributed by atoms with van der Waals surface area (Å²) in [5.74, 6) is -0.145. The lowest BCUT2D eigenvalue weighted by molar-refractivity contribution is 0.0102. The fraction of sp³-hybridized carbons (Fsp3) is 0.500. The predicted octanol–water partition coefficient (Wildman–Crippen LogP) is 1.51. The average molecular weight is 362 g/mol. The highest BCUT2D eigenvalue weighted by Gasteiger charge is 2.27. The van der Waals surface area contributed by atoms with E-state index in [0.29, 0.717) is 30.4 Å². The van der Waals surface area contributed by atoms with Crippen molar-refractivity contribution < 1.29 is 17.9 Å². The first-order valence-electron chi connectivity index (χ1n) is 7.27. The molecular weight excluding hydrogens is 342 g/mol. The fourth-order valence-electron chi connectivity index (χ4n) is 2.17. The smallest absolute Gasteiger partial charge is 0.319 e. The van der Waals surface area contributed by atoms with Gasteiger partial charge in [-0.1, -0.05) is 11.6 Å². The zero-order valence-corrected chi connectivity index (χ0v) is 14.4. The third-order valence-corrected chi connectivity index (χ3v) is 5.44. The molecule has 1 aliphatic rings. The van der Waals surface area contributed by atoms with E-state index in [9.17, 15) is 13.2 Å². The van der Waals surface area contributed by atoms with Gasteiger partial charge in [0.05, 0.1) is 18.5 Å². The van der Waals surface area contributed by atoms with E-state index < -0.39 is 16.1 Å². The minimum absolute atomic E-state index is 0.0352. The Bertz CT molecular complexity index is 636. The van der Waals surface area contributed by atoms with Crippen LogP contribution >= 0.6 is 11.6 Å². The Labute approximate surface area is 141 Å². The molecule has 2 N–H and O–H groups in total. The first-order valence-corrected chi connectivity index (χ1v) is 9.25. The van der Waals surface area contributed by atoms with Gasteiger partial charge in [-0.25, -0.2) is 13.2 Å². The molecule has 1 unspecified atom stereocenters. The Balaban J connectivity index is 1.77. The van der Waals surface area contributed by atoms with E-state index in [2.05, 4.69) is 10.6 Å². The van der Waals surface area contributed by atoms with Crippen molar-refractivity contribution in [1.29, 1.82) is 0 Å². The number of amides is 2. The Morgan fingerprint density at radius 3 is 2.74 bits per heavy atom. The van der Waals surface area contributed by atoms with E-state index in [1.807, 2.05) is 6.92 Å². The average Bonchev–Trinajstić information content (AvgIpc) is 2.49. The second kappa shape index (κ2) is 7.96. The number of hydrogen-bond donors (Lipinski definition) is 2. The number of nitrogens with one attached hydrogen (secondary N) is 2. The van der Waals surface area contributed by atoms with Crippen molar-refractivity contribution in [2.45, 2.75) is 13.0 Å². The zero-order valence-electron chi connectivity index (χ0n) is 12.8. The topological polar surface area (TPSA) is 87.7 Å². The molecule has 0 radical (unpaired) electrons. The third-order valence-electron chi connectivity index (χ3n) is 3.34. The van der Waals surface area contributed by atoms with Crippen LogP contribution in [0.2, 0.25) is 5.02 Å². The fourth-order valence-corrected chi connectivity index (χ4v) is 3.70. The maximum absolute atomic E-state index is 12.2. The van der Waals surface area contributed by atoms with E-state index in [1.165, 1.54) is 4.31 Å². The monoisotopic (exact) mass is 361 g/mol. The SMILES string of the molecule is CC1CN(S(=O)(=O)CCNC(=O)Nc2ccc(Cl)cc2)CCO1. The van der Waals surface area contributed by atoms with Gasteiger partial charge < -0.3 is 15.4 Å². The summed E-state index contributed by atoms with van der Waals surface area (Å²) in [6.45, 7) is 2.96. The van der Waals surface area contributed by atoms with Crippen molar-refractivity contribution in [2.24, 2.45) is 0 Å². The number of carbonyl (C=O) groups excluding carboxylic acids is 1. The number of hydrogen-bond acceptors (Lipinski definition) is 4. The Kier molecular flexibility index (Phi) is 6.23. The van der Waals surface area contributed by atoms with Crippen LogP contribution in [-0.4, -0.2) is 56.9 Å². The van der Waals surface area contributed by atoms with Crippen LogP contribution in [0.4, 0.5) is 10.5 Å². The quantitative estimate of drug-likeness (QED) is 0.832. The molecule has 1 aromatic rings. The molecule has 1 fully saturated rings. The van der Waals surface area contributed by atoms with Gasteiger partial charge in [-0.05, 0) is 31.2 Å². The number of sulfonamides is 1. The first kappa shape index (κ1) is 18.0. The number of carbonyl (C=O) groups is 1. The number of anilines is 1. The molecule has 2 amide bonds. The summed E-state index contributed by atoms with van der Waals surface area (Å²) in [7, 11) is -3.40. The van der Waals surface area contributed by atoms with E-state index in [0.717, 1.165) is 0 Å². The van der Waals surface area contributed by atoms with Gasteiger partial charge in [0.2, 0.25) is 10.0 Å². The van der Waals surface area contributed by atoms with Gasteiger partial charge in [0, 0.05) is 30.3 Å². The molecule has 0 spiro atoms. The highest BCUT2D eigenvalue weighted by Crippen LogP contribution is 2.13.